The second-order valence-corrected chi connectivity index (χ2v) is 10.6. The zero-order chi connectivity index (χ0) is 25.5. The van der Waals surface area contributed by atoms with Gasteiger partial charge in [0.15, 0.2) is 0 Å². The molecule has 1 atom stereocenters. The molecule has 1 unspecified atom stereocenters. The van der Waals surface area contributed by atoms with E-state index in [1.54, 1.807) is 14.0 Å². The van der Waals surface area contributed by atoms with Crippen molar-refractivity contribution in [2.24, 2.45) is 5.41 Å². The Morgan fingerprint density at radius 3 is 2.36 bits per heavy atom. The van der Waals surface area contributed by atoms with Gasteiger partial charge in [-0.15, -0.1) is 0 Å². The molecule has 2 aliphatic heterocycles. The molecular formula is C28H36BrN3O4. The van der Waals surface area contributed by atoms with Crippen molar-refractivity contribution in [3.8, 4) is 5.75 Å². The molecule has 2 aromatic carbocycles. The van der Waals surface area contributed by atoms with Crippen molar-refractivity contribution in [2.45, 2.75) is 45.2 Å². The van der Waals surface area contributed by atoms with Crippen molar-refractivity contribution in [1.82, 2.24) is 15.1 Å². The first-order valence-corrected chi connectivity index (χ1v) is 13.5. The molecule has 36 heavy (non-hydrogen) atoms. The number of piperidine rings is 1. The fourth-order valence-electron chi connectivity index (χ4n) is 5.31. The van der Waals surface area contributed by atoms with E-state index in [2.05, 4.69) is 38.3 Å². The molecule has 4 rings (SSSR count). The van der Waals surface area contributed by atoms with E-state index in [9.17, 15) is 9.59 Å². The predicted molar refractivity (Wildman–Crippen MR) is 143 cm³/mol. The Morgan fingerprint density at radius 1 is 1.06 bits per heavy atom. The molecule has 0 aromatic heterocycles. The summed E-state index contributed by atoms with van der Waals surface area (Å²) in [7, 11) is 1.64. The van der Waals surface area contributed by atoms with Crippen molar-refractivity contribution in [2.75, 3.05) is 39.9 Å². The highest BCUT2D eigenvalue weighted by Crippen LogP contribution is 2.42. The number of rotatable bonds is 9. The minimum atomic E-state index is -0.404. The van der Waals surface area contributed by atoms with Crippen LogP contribution in [0.5, 0.6) is 5.75 Å². The molecule has 1 N–H and O–H groups in total. The smallest absolute Gasteiger partial charge is 0.407 e. The van der Waals surface area contributed by atoms with Gasteiger partial charge in [-0.1, -0.05) is 40.2 Å². The molecule has 2 fully saturated rings. The van der Waals surface area contributed by atoms with Gasteiger partial charge in [0.05, 0.1) is 25.2 Å². The Hall–Kier alpha value is -2.58. The molecule has 8 heteroatoms. The fourth-order valence-corrected chi connectivity index (χ4v) is 5.57. The summed E-state index contributed by atoms with van der Waals surface area (Å²) in [5, 5.41) is 3.01. The maximum Gasteiger partial charge on any atom is 0.407 e. The average Bonchev–Trinajstić information content (AvgIpc) is 3.19. The maximum atomic E-state index is 13.4. The van der Waals surface area contributed by atoms with Crippen LogP contribution in [0.4, 0.5) is 4.79 Å². The normalized spacial score (nSPS) is 18.3. The van der Waals surface area contributed by atoms with Gasteiger partial charge in [-0.25, -0.2) is 4.79 Å². The monoisotopic (exact) mass is 557 g/mol. The molecule has 2 aliphatic rings. The standard InChI is InChI=1S/C28H36BrN3O4/c1-3-36-27(34)30-25(22-6-10-24(35-2)11-7-22)12-16-31-17-13-28(14-18-31)15-19-32(26(28)33)20-21-4-8-23(29)9-5-21/h4-11,25H,3,12-20H2,1-2H3,(H,30,34). The van der Waals surface area contributed by atoms with E-state index >= 15 is 0 Å². The first-order chi connectivity index (χ1) is 17.4. The quantitative estimate of drug-likeness (QED) is 0.461. The maximum absolute atomic E-state index is 13.4. The van der Waals surface area contributed by atoms with Gasteiger partial charge >= 0.3 is 6.09 Å². The number of benzene rings is 2. The summed E-state index contributed by atoms with van der Waals surface area (Å²) in [6.45, 7) is 6.28. The molecular weight excluding hydrogens is 522 g/mol. The summed E-state index contributed by atoms with van der Waals surface area (Å²) in [5.41, 5.74) is 1.97. The fraction of sp³-hybridized carbons (Fsp3) is 0.500. The van der Waals surface area contributed by atoms with Crippen molar-refractivity contribution < 1.29 is 19.1 Å². The molecule has 2 amide bonds. The Kier molecular flexibility index (Phi) is 8.90. The molecule has 194 valence electrons. The number of methoxy groups -OCH3 is 1. The molecule has 2 aromatic rings. The van der Waals surface area contributed by atoms with E-state index in [0.717, 1.165) is 67.6 Å². The third-order valence-corrected chi connectivity index (χ3v) is 8.05. The van der Waals surface area contributed by atoms with Gasteiger partial charge in [0, 0.05) is 24.1 Å². The van der Waals surface area contributed by atoms with Gasteiger partial charge in [-0.3, -0.25) is 4.79 Å². The van der Waals surface area contributed by atoms with Crippen LogP contribution in [0.25, 0.3) is 0 Å². The lowest BCUT2D eigenvalue weighted by Crippen LogP contribution is -2.45. The molecule has 0 bridgehead atoms. The first kappa shape index (κ1) is 26.5. The third kappa shape index (κ3) is 6.40. The van der Waals surface area contributed by atoms with Gasteiger partial charge < -0.3 is 24.6 Å². The van der Waals surface area contributed by atoms with E-state index in [0.29, 0.717) is 19.1 Å². The van der Waals surface area contributed by atoms with Crippen LogP contribution in [0, 0.1) is 5.41 Å². The number of carbonyl (C=O) groups is 2. The summed E-state index contributed by atoms with van der Waals surface area (Å²) in [6.07, 6.45) is 3.08. The Morgan fingerprint density at radius 2 is 1.72 bits per heavy atom. The molecule has 0 radical (unpaired) electrons. The summed E-state index contributed by atoms with van der Waals surface area (Å²) >= 11 is 3.48. The van der Waals surface area contributed by atoms with Crippen molar-refractivity contribution in [3.05, 3.63) is 64.1 Å². The highest BCUT2D eigenvalue weighted by atomic mass is 79.9. The zero-order valence-electron chi connectivity index (χ0n) is 21.2. The highest BCUT2D eigenvalue weighted by Gasteiger charge is 2.47. The Balaban J connectivity index is 1.31. The summed E-state index contributed by atoms with van der Waals surface area (Å²) in [6, 6.07) is 15.8. The number of hydrogen-bond donors (Lipinski definition) is 1. The third-order valence-electron chi connectivity index (χ3n) is 7.52. The van der Waals surface area contributed by atoms with Crippen molar-refractivity contribution in [3.63, 3.8) is 0 Å². The lowest BCUT2D eigenvalue weighted by Gasteiger charge is -2.38. The number of ether oxygens (including phenoxy) is 2. The van der Waals surface area contributed by atoms with Gasteiger partial charge in [0.25, 0.3) is 0 Å². The minimum Gasteiger partial charge on any atom is -0.497 e. The molecule has 0 aliphatic carbocycles. The number of nitrogens with one attached hydrogen (secondary N) is 1. The van der Waals surface area contributed by atoms with Crippen LogP contribution < -0.4 is 10.1 Å². The minimum absolute atomic E-state index is 0.152. The molecule has 2 heterocycles. The number of alkyl carbamates (subject to hydrolysis) is 1. The second-order valence-electron chi connectivity index (χ2n) is 9.70. The predicted octanol–water partition coefficient (Wildman–Crippen LogP) is 5.15. The molecule has 0 saturated carbocycles. The lowest BCUT2D eigenvalue weighted by molar-refractivity contribution is -0.138. The Bertz CT molecular complexity index is 1020. The second kappa shape index (κ2) is 12.1. The Labute approximate surface area is 222 Å². The average molecular weight is 559 g/mol. The van der Waals surface area contributed by atoms with Crippen LogP contribution in [-0.2, 0) is 16.1 Å². The number of likely N-dealkylation sites (tertiary alicyclic amines) is 2. The van der Waals surface area contributed by atoms with E-state index in [1.807, 2.05) is 41.3 Å². The van der Waals surface area contributed by atoms with E-state index in [-0.39, 0.29) is 11.5 Å². The summed E-state index contributed by atoms with van der Waals surface area (Å²) in [4.78, 5) is 30.0. The van der Waals surface area contributed by atoms with Gasteiger partial charge in [-0.05, 0) is 81.1 Å². The molecule has 7 nitrogen and oxygen atoms in total. The SMILES string of the molecule is CCOC(=O)NC(CCN1CCC2(CC1)CCN(Cc1ccc(Br)cc1)C2=O)c1ccc(OC)cc1. The van der Waals surface area contributed by atoms with Crippen LogP contribution >= 0.6 is 15.9 Å². The summed E-state index contributed by atoms with van der Waals surface area (Å²) < 4.78 is 11.5. The van der Waals surface area contributed by atoms with Crippen LogP contribution in [0.2, 0.25) is 0 Å². The van der Waals surface area contributed by atoms with Crippen LogP contribution in [-0.4, -0.2) is 61.7 Å². The van der Waals surface area contributed by atoms with Crippen LogP contribution in [0.1, 0.15) is 49.8 Å². The number of carbonyl (C=O) groups excluding carboxylic acids is 2. The highest BCUT2D eigenvalue weighted by molar-refractivity contribution is 9.10. The lowest BCUT2D eigenvalue weighted by atomic mass is 9.77. The first-order valence-electron chi connectivity index (χ1n) is 12.8. The topological polar surface area (TPSA) is 71.1 Å². The van der Waals surface area contributed by atoms with Gasteiger partial charge in [0.1, 0.15) is 5.75 Å². The summed E-state index contributed by atoms with van der Waals surface area (Å²) in [5.74, 6) is 1.09. The number of amides is 2. The number of halogens is 1. The van der Waals surface area contributed by atoms with E-state index in [1.165, 1.54) is 5.56 Å². The van der Waals surface area contributed by atoms with Crippen LogP contribution in [0.15, 0.2) is 53.0 Å². The zero-order valence-corrected chi connectivity index (χ0v) is 22.8. The van der Waals surface area contributed by atoms with E-state index < -0.39 is 6.09 Å². The number of nitrogens with zero attached hydrogens (tertiary/aromatic N) is 2. The van der Waals surface area contributed by atoms with Crippen molar-refractivity contribution >= 4 is 27.9 Å². The van der Waals surface area contributed by atoms with E-state index in [4.69, 9.17) is 9.47 Å². The van der Waals surface area contributed by atoms with Crippen LogP contribution in [0.3, 0.4) is 0 Å². The van der Waals surface area contributed by atoms with Gasteiger partial charge in [0.2, 0.25) is 5.91 Å². The molecule has 2 saturated heterocycles. The van der Waals surface area contributed by atoms with Crippen molar-refractivity contribution in [1.29, 1.82) is 0 Å². The number of hydrogen-bond acceptors (Lipinski definition) is 5. The van der Waals surface area contributed by atoms with Gasteiger partial charge in [-0.2, -0.15) is 0 Å². The largest absolute Gasteiger partial charge is 0.497 e. The molecule has 1 spiro atoms.